The smallest absolute Gasteiger partial charge is 0.490 e. The van der Waals surface area contributed by atoms with Crippen LogP contribution in [0.4, 0.5) is 32.0 Å². The van der Waals surface area contributed by atoms with Crippen molar-refractivity contribution in [2.24, 2.45) is 5.73 Å². The van der Waals surface area contributed by atoms with Gasteiger partial charge in [0.05, 0.1) is 18.2 Å². The van der Waals surface area contributed by atoms with Gasteiger partial charge < -0.3 is 31.3 Å². The zero-order valence-electron chi connectivity index (χ0n) is 21.5. The van der Waals surface area contributed by atoms with E-state index >= 15 is 0 Å². The number of aliphatic hydroxyl groups is 1. The van der Waals surface area contributed by atoms with Crippen LogP contribution in [0.25, 0.3) is 0 Å². The number of aliphatic hydroxyl groups excluding tert-OH is 1. The lowest BCUT2D eigenvalue weighted by Crippen LogP contribution is -2.30. The summed E-state index contributed by atoms with van der Waals surface area (Å²) in [5, 5.41) is 28.3. The molecule has 0 saturated carbocycles. The zero-order chi connectivity index (χ0) is 31.4. The summed E-state index contributed by atoms with van der Waals surface area (Å²) in [5.41, 5.74) is 5.47. The highest BCUT2D eigenvalue weighted by molar-refractivity contribution is 6.04. The summed E-state index contributed by atoms with van der Waals surface area (Å²) >= 11 is 0. The zero-order valence-corrected chi connectivity index (χ0v) is 21.5. The Morgan fingerprint density at radius 2 is 1.59 bits per heavy atom. The van der Waals surface area contributed by atoms with Crippen LogP contribution in [0.2, 0.25) is 0 Å². The van der Waals surface area contributed by atoms with Crippen LogP contribution in [0.3, 0.4) is 0 Å². The normalized spacial score (nSPS) is 11.9. The lowest BCUT2D eigenvalue weighted by atomic mass is 10.0. The molecule has 2 aromatic rings. The van der Waals surface area contributed by atoms with Gasteiger partial charge in [-0.2, -0.15) is 26.3 Å². The van der Waals surface area contributed by atoms with Gasteiger partial charge in [0.25, 0.3) is 0 Å². The summed E-state index contributed by atoms with van der Waals surface area (Å²) < 4.78 is 77.5. The van der Waals surface area contributed by atoms with Gasteiger partial charge in [0.2, 0.25) is 11.8 Å². The Kier molecular flexibility index (Phi) is 13.1. The Bertz CT molecular complexity index is 1200. The number of carbonyl (C=O) groups excluding carboxylic acids is 2. The molecule has 7 N–H and O–H groups in total. The highest BCUT2D eigenvalue weighted by Gasteiger charge is 2.38. The fourth-order valence-electron chi connectivity index (χ4n) is 3.02. The molecule has 0 fully saturated rings. The van der Waals surface area contributed by atoms with E-state index in [-0.39, 0.29) is 30.4 Å². The number of aliphatic carboxylic acids is 1. The van der Waals surface area contributed by atoms with Crippen molar-refractivity contribution in [3.63, 3.8) is 0 Å². The molecule has 1 unspecified atom stereocenters. The Balaban J connectivity index is 0.00000106. The minimum Gasteiger partial charge on any atom is -0.493 e. The second-order valence-electron chi connectivity index (χ2n) is 8.34. The van der Waals surface area contributed by atoms with Crippen molar-refractivity contribution in [2.75, 3.05) is 18.5 Å². The number of hydrogen-bond donors (Lipinski definition) is 6. The number of halogens is 6. The van der Waals surface area contributed by atoms with Crippen LogP contribution in [0, 0.1) is 5.41 Å². The minimum atomic E-state index is -5.08. The quantitative estimate of drug-likeness (QED) is 0.0750. The number of rotatable bonds is 11. The van der Waals surface area contributed by atoms with Crippen LogP contribution in [0.5, 0.6) is 5.75 Å². The SMILES string of the molecule is CC(NC(=O)CC(=O)Nc1ccc(C(=N)N)cc1)c1ccc(OCCCCO)c(C(F)(F)F)c1.O=C(O)C(F)(F)F. The van der Waals surface area contributed by atoms with Crippen LogP contribution in [0.1, 0.15) is 48.9 Å². The largest absolute Gasteiger partial charge is 0.493 e. The van der Waals surface area contributed by atoms with E-state index in [0.29, 0.717) is 24.1 Å². The molecule has 0 saturated heterocycles. The van der Waals surface area contributed by atoms with E-state index < -0.39 is 48.2 Å². The standard InChI is InChI=1S/C23H27F3N4O4.C2HF3O2/c1-14(16-6-9-19(34-11-3-2-10-31)18(12-16)23(24,25)26)29-20(32)13-21(33)30-17-7-4-15(5-8-17)22(27)28;3-2(4,5)1(6)7/h4-9,12,14,31H,2-3,10-11,13H2,1H3,(H3,27,28)(H,29,32)(H,30,33);(H,6,7). The van der Waals surface area contributed by atoms with E-state index in [0.717, 1.165) is 6.07 Å². The van der Waals surface area contributed by atoms with Crippen molar-refractivity contribution >= 4 is 29.3 Å². The van der Waals surface area contributed by atoms with E-state index in [1.807, 2.05) is 0 Å². The highest BCUT2D eigenvalue weighted by atomic mass is 19.4. The number of ether oxygens (including phenoxy) is 1. The third kappa shape index (κ3) is 12.6. The molecular weight excluding hydrogens is 566 g/mol. The van der Waals surface area contributed by atoms with Crippen molar-refractivity contribution in [1.82, 2.24) is 5.32 Å². The Labute approximate surface area is 230 Å². The lowest BCUT2D eigenvalue weighted by molar-refractivity contribution is -0.192. The number of nitrogens with two attached hydrogens (primary N) is 1. The molecule has 0 radical (unpaired) electrons. The van der Waals surface area contributed by atoms with E-state index in [1.165, 1.54) is 31.2 Å². The predicted molar refractivity (Wildman–Crippen MR) is 134 cm³/mol. The first-order valence-electron chi connectivity index (χ1n) is 11.7. The molecule has 0 bridgehead atoms. The molecular formula is C25H28F6N4O6. The Morgan fingerprint density at radius 3 is 2.07 bits per heavy atom. The second-order valence-corrected chi connectivity index (χ2v) is 8.34. The maximum Gasteiger partial charge on any atom is 0.490 e. The summed E-state index contributed by atoms with van der Waals surface area (Å²) in [6, 6.07) is 8.86. The molecule has 0 aliphatic heterocycles. The number of benzene rings is 2. The molecule has 0 aliphatic rings. The van der Waals surface area contributed by atoms with Crippen LogP contribution >= 0.6 is 0 Å². The van der Waals surface area contributed by atoms with E-state index in [1.54, 1.807) is 12.1 Å². The first-order chi connectivity index (χ1) is 18.9. The van der Waals surface area contributed by atoms with Gasteiger partial charge in [0.15, 0.2) is 0 Å². The molecule has 2 amide bonds. The molecule has 1 atom stereocenters. The number of carboxylic acids is 1. The molecule has 41 heavy (non-hydrogen) atoms. The minimum absolute atomic E-state index is 0.0296. The molecule has 2 aromatic carbocycles. The average Bonchev–Trinajstić information content (AvgIpc) is 2.86. The summed E-state index contributed by atoms with van der Waals surface area (Å²) in [6.45, 7) is 1.46. The van der Waals surface area contributed by atoms with Crippen molar-refractivity contribution in [3.05, 3.63) is 59.2 Å². The average molecular weight is 595 g/mol. The monoisotopic (exact) mass is 594 g/mol. The van der Waals surface area contributed by atoms with Crippen LogP contribution in [-0.2, 0) is 20.6 Å². The number of unbranched alkanes of at least 4 members (excludes halogenated alkanes) is 1. The van der Waals surface area contributed by atoms with Gasteiger partial charge in [-0.3, -0.25) is 15.0 Å². The van der Waals surface area contributed by atoms with Crippen molar-refractivity contribution in [2.45, 2.75) is 44.6 Å². The maximum atomic E-state index is 13.5. The summed E-state index contributed by atoms with van der Waals surface area (Å²) in [7, 11) is 0. The number of carbonyl (C=O) groups is 3. The van der Waals surface area contributed by atoms with Crippen molar-refractivity contribution < 1.29 is 55.7 Å². The van der Waals surface area contributed by atoms with Gasteiger partial charge in [-0.15, -0.1) is 0 Å². The summed E-state index contributed by atoms with van der Waals surface area (Å²) in [5.74, 6) is -4.48. The molecule has 0 spiro atoms. The van der Waals surface area contributed by atoms with Crippen molar-refractivity contribution in [3.8, 4) is 5.75 Å². The summed E-state index contributed by atoms with van der Waals surface area (Å²) in [6.07, 6.45) is -9.45. The van der Waals surface area contributed by atoms with Gasteiger partial charge in [0.1, 0.15) is 18.0 Å². The fourth-order valence-corrected chi connectivity index (χ4v) is 3.02. The molecule has 226 valence electrons. The number of amides is 2. The lowest BCUT2D eigenvalue weighted by Gasteiger charge is -2.19. The van der Waals surface area contributed by atoms with E-state index in [4.69, 9.17) is 30.9 Å². The number of hydrogen-bond acceptors (Lipinski definition) is 6. The molecule has 16 heteroatoms. The van der Waals surface area contributed by atoms with Crippen LogP contribution in [-0.4, -0.2) is 53.2 Å². The number of amidine groups is 1. The third-order valence-electron chi connectivity index (χ3n) is 5.04. The first-order valence-corrected chi connectivity index (χ1v) is 11.7. The first kappa shape index (κ1) is 34.7. The number of carboxylic acid groups (broad SMARTS) is 1. The maximum absolute atomic E-state index is 13.5. The highest BCUT2D eigenvalue weighted by Crippen LogP contribution is 2.38. The Morgan fingerprint density at radius 1 is 1.00 bits per heavy atom. The van der Waals surface area contributed by atoms with Gasteiger partial charge in [-0.1, -0.05) is 6.07 Å². The van der Waals surface area contributed by atoms with Gasteiger partial charge in [-0.25, -0.2) is 4.79 Å². The fraction of sp³-hybridized carbons (Fsp3) is 0.360. The predicted octanol–water partition coefficient (Wildman–Crippen LogP) is 3.98. The Hall–Kier alpha value is -4.34. The number of alkyl halides is 6. The molecule has 0 aliphatic carbocycles. The van der Waals surface area contributed by atoms with Gasteiger partial charge in [-0.05, 0) is 61.7 Å². The van der Waals surface area contributed by atoms with Crippen LogP contribution < -0.4 is 21.1 Å². The van der Waals surface area contributed by atoms with E-state index in [9.17, 15) is 35.9 Å². The van der Waals surface area contributed by atoms with Gasteiger partial charge >= 0.3 is 18.3 Å². The van der Waals surface area contributed by atoms with Gasteiger partial charge in [0, 0.05) is 17.9 Å². The summed E-state index contributed by atoms with van der Waals surface area (Å²) in [4.78, 5) is 33.3. The molecule has 10 nitrogen and oxygen atoms in total. The second kappa shape index (κ2) is 15.4. The van der Waals surface area contributed by atoms with Crippen LogP contribution in [0.15, 0.2) is 42.5 Å². The number of nitrogens with one attached hydrogen (secondary N) is 3. The van der Waals surface area contributed by atoms with E-state index in [2.05, 4.69) is 10.6 Å². The topological polar surface area (TPSA) is 175 Å². The molecule has 2 rings (SSSR count). The molecule has 0 heterocycles. The third-order valence-corrected chi connectivity index (χ3v) is 5.04. The van der Waals surface area contributed by atoms with Crippen molar-refractivity contribution in [1.29, 1.82) is 5.41 Å². The molecule has 0 aromatic heterocycles. The number of anilines is 1. The number of nitrogen functional groups attached to an aromatic ring is 1.